The lowest BCUT2D eigenvalue weighted by Gasteiger charge is -2.28. The highest BCUT2D eigenvalue weighted by Gasteiger charge is 2.31. The third kappa shape index (κ3) is 3.44. The summed E-state index contributed by atoms with van der Waals surface area (Å²) in [5.74, 6) is 0.289. The molecule has 0 amide bonds. The molecule has 0 spiro atoms. The average Bonchev–Trinajstić information content (AvgIpc) is 2.48. The van der Waals surface area contributed by atoms with Crippen LogP contribution in [0.5, 0.6) is 5.75 Å². The molecule has 2 aromatic rings. The standard InChI is InChI=1S/C17H18BrFO2/c1-3-17(20,14-6-4-5-7-15(14)19)11-12-10-13(18)8-9-16(12)21-2/h4-10,20H,3,11H2,1-2H3. The fourth-order valence-electron chi connectivity index (χ4n) is 2.45. The summed E-state index contributed by atoms with van der Waals surface area (Å²) >= 11 is 3.41. The van der Waals surface area contributed by atoms with Gasteiger partial charge in [-0.15, -0.1) is 0 Å². The summed E-state index contributed by atoms with van der Waals surface area (Å²) in [4.78, 5) is 0. The molecule has 1 N–H and O–H groups in total. The number of hydrogen-bond donors (Lipinski definition) is 1. The molecular weight excluding hydrogens is 335 g/mol. The third-order valence-electron chi connectivity index (χ3n) is 3.69. The van der Waals surface area contributed by atoms with Gasteiger partial charge in [-0.25, -0.2) is 4.39 Å². The molecule has 4 heteroatoms. The molecule has 21 heavy (non-hydrogen) atoms. The van der Waals surface area contributed by atoms with Gasteiger partial charge >= 0.3 is 0 Å². The highest BCUT2D eigenvalue weighted by atomic mass is 79.9. The van der Waals surface area contributed by atoms with Crippen LogP contribution in [-0.2, 0) is 12.0 Å². The van der Waals surface area contributed by atoms with E-state index in [0.717, 1.165) is 10.0 Å². The van der Waals surface area contributed by atoms with E-state index in [-0.39, 0.29) is 6.42 Å². The molecule has 2 rings (SSSR count). The van der Waals surface area contributed by atoms with Gasteiger partial charge in [0.2, 0.25) is 0 Å². The summed E-state index contributed by atoms with van der Waals surface area (Å²) in [5, 5.41) is 10.9. The Kier molecular flexibility index (Phi) is 5.01. The van der Waals surface area contributed by atoms with Crippen molar-refractivity contribution in [1.29, 1.82) is 0 Å². The van der Waals surface area contributed by atoms with E-state index in [9.17, 15) is 9.50 Å². The largest absolute Gasteiger partial charge is 0.496 e. The Labute approximate surface area is 132 Å². The molecule has 2 nitrogen and oxygen atoms in total. The molecule has 0 heterocycles. The quantitative estimate of drug-likeness (QED) is 0.861. The monoisotopic (exact) mass is 352 g/mol. The zero-order chi connectivity index (χ0) is 15.5. The first-order valence-corrected chi connectivity index (χ1v) is 7.59. The van der Waals surface area contributed by atoms with Crippen molar-refractivity contribution in [3.63, 3.8) is 0 Å². The Morgan fingerprint density at radius 2 is 1.95 bits per heavy atom. The number of hydrogen-bond acceptors (Lipinski definition) is 2. The summed E-state index contributed by atoms with van der Waals surface area (Å²) in [5.41, 5.74) is -0.117. The number of benzene rings is 2. The number of methoxy groups -OCH3 is 1. The molecule has 1 atom stereocenters. The van der Waals surface area contributed by atoms with Crippen LogP contribution in [0.15, 0.2) is 46.9 Å². The van der Waals surface area contributed by atoms with Crippen molar-refractivity contribution in [2.24, 2.45) is 0 Å². The van der Waals surface area contributed by atoms with Crippen LogP contribution in [0.4, 0.5) is 4.39 Å². The summed E-state index contributed by atoms with van der Waals surface area (Å²) in [7, 11) is 1.58. The molecular formula is C17H18BrFO2. The lowest BCUT2D eigenvalue weighted by molar-refractivity contribution is 0.0286. The van der Waals surface area contributed by atoms with Crippen LogP contribution in [0.3, 0.4) is 0 Å². The second-order valence-electron chi connectivity index (χ2n) is 5.00. The van der Waals surface area contributed by atoms with E-state index in [2.05, 4.69) is 15.9 Å². The fraction of sp³-hybridized carbons (Fsp3) is 0.294. The van der Waals surface area contributed by atoms with E-state index >= 15 is 0 Å². The minimum Gasteiger partial charge on any atom is -0.496 e. The van der Waals surface area contributed by atoms with E-state index in [0.29, 0.717) is 17.7 Å². The zero-order valence-electron chi connectivity index (χ0n) is 12.1. The molecule has 112 valence electrons. The Hall–Kier alpha value is -1.39. The molecule has 1 unspecified atom stereocenters. The molecule has 0 aliphatic rings. The van der Waals surface area contributed by atoms with Crippen LogP contribution >= 0.6 is 15.9 Å². The van der Waals surface area contributed by atoms with Crippen molar-refractivity contribution in [2.75, 3.05) is 7.11 Å². The molecule has 0 saturated heterocycles. The van der Waals surface area contributed by atoms with Crippen molar-refractivity contribution >= 4 is 15.9 Å². The van der Waals surface area contributed by atoms with Gasteiger partial charge < -0.3 is 9.84 Å². The van der Waals surface area contributed by atoms with Gasteiger partial charge in [0.05, 0.1) is 12.7 Å². The summed E-state index contributed by atoms with van der Waals surface area (Å²) < 4.78 is 20.3. The Bertz CT molecular complexity index is 630. The van der Waals surface area contributed by atoms with Crippen LogP contribution in [0.25, 0.3) is 0 Å². The van der Waals surface area contributed by atoms with Gasteiger partial charge in [-0.05, 0) is 36.2 Å². The maximum atomic E-state index is 14.0. The number of ether oxygens (including phenoxy) is 1. The van der Waals surface area contributed by atoms with Gasteiger partial charge in [-0.1, -0.05) is 41.1 Å². The van der Waals surface area contributed by atoms with Gasteiger partial charge in [0.15, 0.2) is 0 Å². The van der Waals surface area contributed by atoms with Crippen LogP contribution in [0, 0.1) is 5.82 Å². The second kappa shape index (κ2) is 6.58. The molecule has 0 fully saturated rings. The van der Waals surface area contributed by atoms with E-state index in [1.54, 1.807) is 25.3 Å². The SMILES string of the molecule is CCC(O)(Cc1cc(Br)ccc1OC)c1ccccc1F. The number of rotatable bonds is 5. The molecule has 0 aromatic heterocycles. The lowest BCUT2D eigenvalue weighted by atomic mass is 9.84. The van der Waals surface area contributed by atoms with Crippen molar-refractivity contribution < 1.29 is 14.2 Å². The van der Waals surface area contributed by atoms with Crippen LogP contribution in [0.2, 0.25) is 0 Å². The maximum absolute atomic E-state index is 14.0. The molecule has 2 aromatic carbocycles. The van der Waals surface area contributed by atoms with E-state index in [1.165, 1.54) is 6.07 Å². The molecule has 0 bridgehead atoms. The third-order valence-corrected chi connectivity index (χ3v) is 4.18. The van der Waals surface area contributed by atoms with Gasteiger partial charge in [0.1, 0.15) is 11.6 Å². The van der Waals surface area contributed by atoms with Gasteiger partial charge in [-0.3, -0.25) is 0 Å². The van der Waals surface area contributed by atoms with Crippen LogP contribution < -0.4 is 4.74 Å². The molecule has 0 saturated carbocycles. The number of halogens is 2. The van der Waals surface area contributed by atoms with Crippen LogP contribution in [-0.4, -0.2) is 12.2 Å². The smallest absolute Gasteiger partial charge is 0.129 e. The molecule has 0 aliphatic carbocycles. The van der Waals surface area contributed by atoms with Crippen molar-refractivity contribution in [3.05, 3.63) is 63.9 Å². The normalized spacial score (nSPS) is 13.8. The van der Waals surface area contributed by atoms with Crippen LogP contribution in [0.1, 0.15) is 24.5 Å². The van der Waals surface area contributed by atoms with E-state index in [1.807, 2.05) is 25.1 Å². The van der Waals surface area contributed by atoms with Crippen molar-refractivity contribution in [2.45, 2.75) is 25.4 Å². The van der Waals surface area contributed by atoms with E-state index < -0.39 is 11.4 Å². The first-order valence-electron chi connectivity index (χ1n) is 6.80. The van der Waals surface area contributed by atoms with Gasteiger partial charge in [0, 0.05) is 16.5 Å². The Balaban J connectivity index is 2.44. The predicted octanol–water partition coefficient (Wildman–Crippen LogP) is 4.44. The van der Waals surface area contributed by atoms with E-state index in [4.69, 9.17) is 4.74 Å². The minimum absolute atomic E-state index is 0.285. The first kappa shape index (κ1) is 16.0. The van der Waals surface area contributed by atoms with Crippen molar-refractivity contribution in [3.8, 4) is 5.75 Å². The average molecular weight is 353 g/mol. The predicted molar refractivity (Wildman–Crippen MR) is 85.0 cm³/mol. The molecule has 0 radical (unpaired) electrons. The fourth-order valence-corrected chi connectivity index (χ4v) is 2.86. The topological polar surface area (TPSA) is 29.5 Å². The Morgan fingerprint density at radius 3 is 2.57 bits per heavy atom. The van der Waals surface area contributed by atoms with Gasteiger partial charge in [0.25, 0.3) is 0 Å². The minimum atomic E-state index is -1.26. The summed E-state index contributed by atoms with van der Waals surface area (Å²) in [6, 6.07) is 11.9. The van der Waals surface area contributed by atoms with Crippen molar-refractivity contribution in [1.82, 2.24) is 0 Å². The van der Waals surface area contributed by atoms with Gasteiger partial charge in [-0.2, -0.15) is 0 Å². The molecule has 0 aliphatic heterocycles. The zero-order valence-corrected chi connectivity index (χ0v) is 13.7. The lowest BCUT2D eigenvalue weighted by Crippen LogP contribution is -2.29. The highest BCUT2D eigenvalue weighted by molar-refractivity contribution is 9.10. The first-order chi connectivity index (χ1) is 10.00. The second-order valence-corrected chi connectivity index (χ2v) is 5.91. The highest BCUT2D eigenvalue weighted by Crippen LogP contribution is 2.34. The summed E-state index contributed by atoms with van der Waals surface area (Å²) in [6.07, 6.45) is 0.691. The summed E-state index contributed by atoms with van der Waals surface area (Å²) in [6.45, 7) is 1.84. The Morgan fingerprint density at radius 1 is 1.24 bits per heavy atom. The maximum Gasteiger partial charge on any atom is 0.129 e. The number of aliphatic hydroxyl groups is 1.